The zero-order chi connectivity index (χ0) is 18.0. The average Bonchev–Trinajstić information content (AvgIpc) is 2.61. The molecule has 3 rings (SSSR count). The first-order valence-corrected chi connectivity index (χ1v) is 7.87. The van der Waals surface area contributed by atoms with Gasteiger partial charge in [-0.25, -0.2) is 13.8 Å². The molecule has 1 radical (unpaired) electrons. The van der Waals surface area contributed by atoms with Crippen LogP contribution < -0.4 is 10.5 Å². The molecule has 0 amide bonds. The van der Waals surface area contributed by atoms with E-state index in [1.165, 1.54) is 0 Å². The molecule has 3 nitrogen and oxygen atoms in total. The maximum atomic E-state index is 14.0. The standard InChI is InChI=1S/C19H14ClF2N2O/c1-11(17-14(21)7-8-15(22)18(17)20)25-16-9-13(10-24-19(16)23)12-5-3-2-4-6-12/h3-11H,1H3,(H2,23,24). The first kappa shape index (κ1) is 17.2. The number of ether oxygens (including phenoxy) is 1. The van der Waals surface area contributed by atoms with Crippen LogP contribution in [0.3, 0.4) is 0 Å². The lowest BCUT2D eigenvalue weighted by Crippen LogP contribution is -2.09. The van der Waals surface area contributed by atoms with Crippen LogP contribution in [0, 0.1) is 17.7 Å². The van der Waals surface area contributed by atoms with Crippen LogP contribution in [-0.2, 0) is 0 Å². The van der Waals surface area contributed by atoms with Crippen molar-refractivity contribution in [3.63, 3.8) is 0 Å². The van der Waals surface area contributed by atoms with Crippen molar-refractivity contribution < 1.29 is 13.5 Å². The van der Waals surface area contributed by atoms with Crippen molar-refractivity contribution in [1.82, 2.24) is 4.98 Å². The molecule has 1 unspecified atom stereocenters. The van der Waals surface area contributed by atoms with Gasteiger partial charge in [-0.1, -0.05) is 35.9 Å². The van der Waals surface area contributed by atoms with E-state index in [1.807, 2.05) is 12.1 Å². The second kappa shape index (κ2) is 7.07. The summed E-state index contributed by atoms with van der Waals surface area (Å²) in [7, 11) is 0. The summed E-state index contributed by atoms with van der Waals surface area (Å²) in [6.07, 6.45) is 0.754. The van der Waals surface area contributed by atoms with Gasteiger partial charge >= 0.3 is 0 Å². The summed E-state index contributed by atoms with van der Waals surface area (Å²) in [4.78, 5) is 4.11. The number of nitrogens with zero attached hydrogens (tertiary/aromatic N) is 1. The fourth-order valence-corrected chi connectivity index (χ4v) is 2.76. The molecule has 1 heterocycles. The van der Waals surface area contributed by atoms with E-state index in [-0.39, 0.29) is 22.2 Å². The number of anilines is 1. The number of benzene rings is 2. The number of nitrogens with two attached hydrogens (primary N) is 1. The van der Waals surface area contributed by atoms with Gasteiger partial charge < -0.3 is 10.5 Å². The lowest BCUT2D eigenvalue weighted by molar-refractivity contribution is 0.221. The maximum Gasteiger partial charge on any atom is 0.166 e. The summed E-state index contributed by atoms with van der Waals surface area (Å²) < 4.78 is 33.4. The Bertz CT molecular complexity index is 903. The topological polar surface area (TPSA) is 48.1 Å². The van der Waals surface area contributed by atoms with E-state index in [0.29, 0.717) is 0 Å². The molecule has 2 aromatic carbocycles. The zero-order valence-corrected chi connectivity index (χ0v) is 14.0. The van der Waals surface area contributed by atoms with E-state index in [4.69, 9.17) is 22.1 Å². The quantitative estimate of drug-likeness (QED) is 0.651. The third kappa shape index (κ3) is 3.56. The van der Waals surface area contributed by atoms with Gasteiger partial charge in [-0.2, -0.15) is 0 Å². The molecule has 0 aliphatic carbocycles. The second-order valence-corrected chi connectivity index (χ2v) is 5.79. The van der Waals surface area contributed by atoms with Gasteiger partial charge in [0.15, 0.2) is 11.6 Å². The number of nitrogen functional groups attached to an aromatic ring is 1. The van der Waals surface area contributed by atoms with E-state index in [9.17, 15) is 8.78 Å². The lowest BCUT2D eigenvalue weighted by Gasteiger charge is -2.18. The van der Waals surface area contributed by atoms with E-state index in [0.717, 1.165) is 23.3 Å². The summed E-state index contributed by atoms with van der Waals surface area (Å²) >= 11 is 5.88. The van der Waals surface area contributed by atoms with Gasteiger partial charge in [0.05, 0.1) is 5.02 Å². The first-order valence-electron chi connectivity index (χ1n) is 7.49. The smallest absolute Gasteiger partial charge is 0.166 e. The van der Waals surface area contributed by atoms with Crippen molar-refractivity contribution in [3.8, 4) is 16.9 Å². The molecule has 3 aromatic rings. The molecule has 0 aliphatic heterocycles. The highest BCUT2D eigenvalue weighted by atomic mass is 35.5. The summed E-state index contributed by atoms with van der Waals surface area (Å²) in [5.41, 5.74) is 7.46. The van der Waals surface area contributed by atoms with Crippen molar-refractivity contribution in [2.24, 2.45) is 0 Å². The van der Waals surface area contributed by atoms with E-state index >= 15 is 0 Å². The van der Waals surface area contributed by atoms with Gasteiger partial charge in [-0.3, -0.25) is 0 Å². The third-order valence-corrected chi connectivity index (χ3v) is 4.11. The highest BCUT2D eigenvalue weighted by Gasteiger charge is 2.21. The Morgan fingerprint density at radius 3 is 2.52 bits per heavy atom. The fourth-order valence-electron chi connectivity index (χ4n) is 2.45. The average molecular weight is 360 g/mol. The zero-order valence-electron chi connectivity index (χ0n) is 13.3. The Labute approximate surface area is 149 Å². The van der Waals surface area contributed by atoms with Crippen molar-refractivity contribution >= 4 is 17.4 Å². The van der Waals surface area contributed by atoms with Crippen LogP contribution in [0.5, 0.6) is 5.75 Å². The minimum absolute atomic E-state index is 0.0687. The maximum absolute atomic E-state index is 14.0. The van der Waals surface area contributed by atoms with Crippen molar-refractivity contribution in [2.45, 2.75) is 13.0 Å². The van der Waals surface area contributed by atoms with Gasteiger partial charge in [-0.05, 0) is 36.8 Å². The third-order valence-electron chi connectivity index (χ3n) is 3.72. The highest BCUT2D eigenvalue weighted by molar-refractivity contribution is 6.31. The molecule has 0 saturated heterocycles. The van der Waals surface area contributed by atoms with Gasteiger partial charge in [0.1, 0.15) is 17.7 Å². The van der Waals surface area contributed by atoms with E-state index in [2.05, 4.69) is 11.1 Å². The SMILES string of the molecule is CC(Oc1cc(-c2cc[c]cc2)cnc1N)c1c(F)ccc(F)c1Cl. The molecular formula is C19H14ClF2N2O. The molecular weight excluding hydrogens is 346 g/mol. The molecule has 2 N–H and O–H groups in total. The Kier molecular flexibility index (Phi) is 4.86. The molecule has 1 atom stereocenters. The minimum atomic E-state index is -0.855. The predicted molar refractivity (Wildman–Crippen MR) is 93.3 cm³/mol. The monoisotopic (exact) mass is 359 g/mol. The molecule has 0 bridgehead atoms. The Hall–Kier alpha value is -2.66. The molecule has 127 valence electrons. The van der Waals surface area contributed by atoms with Crippen molar-refractivity contribution in [2.75, 3.05) is 5.73 Å². The van der Waals surface area contributed by atoms with Crippen LogP contribution in [0.2, 0.25) is 5.02 Å². The van der Waals surface area contributed by atoms with Gasteiger partial charge in [-0.15, -0.1) is 0 Å². The number of pyridine rings is 1. The Balaban J connectivity index is 1.94. The number of halogens is 3. The van der Waals surface area contributed by atoms with Crippen LogP contribution in [0.4, 0.5) is 14.6 Å². The summed E-state index contributed by atoms with van der Waals surface area (Å²) in [6, 6.07) is 13.9. The molecule has 6 heteroatoms. The predicted octanol–water partition coefficient (Wildman–Crippen LogP) is 5.20. The lowest BCUT2D eigenvalue weighted by atomic mass is 10.1. The van der Waals surface area contributed by atoms with E-state index in [1.54, 1.807) is 31.3 Å². The van der Waals surface area contributed by atoms with Crippen LogP contribution in [-0.4, -0.2) is 4.98 Å². The van der Waals surface area contributed by atoms with Crippen LogP contribution >= 0.6 is 11.6 Å². The largest absolute Gasteiger partial charge is 0.482 e. The van der Waals surface area contributed by atoms with Crippen molar-refractivity contribution in [1.29, 1.82) is 0 Å². The molecule has 0 spiro atoms. The summed E-state index contributed by atoms with van der Waals surface area (Å²) in [6.45, 7) is 1.56. The highest BCUT2D eigenvalue weighted by Crippen LogP contribution is 2.34. The summed E-state index contributed by atoms with van der Waals surface area (Å²) in [5.74, 6) is -0.960. The number of hydrogen-bond donors (Lipinski definition) is 1. The van der Waals surface area contributed by atoms with Crippen LogP contribution in [0.15, 0.2) is 48.7 Å². The van der Waals surface area contributed by atoms with Gasteiger partial charge in [0.2, 0.25) is 0 Å². The fraction of sp³-hybridized carbons (Fsp3) is 0.105. The van der Waals surface area contributed by atoms with E-state index < -0.39 is 17.7 Å². The normalized spacial score (nSPS) is 12.0. The van der Waals surface area contributed by atoms with Crippen LogP contribution in [0.25, 0.3) is 11.1 Å². The van der Waals surface area contributed by atoms with Gasteiger partial charge in [0.25, 0.3) is 0 Å². The molecule has 0 fully saturated rings. The minimum Gasteiger partial charge on any atom is -0.482 e. The summed E-state index contributed by atoms with van der Waals surface area (Å²) in [5, 5.41) is -0.311. The molecule has 0 saturated carbocycles. The number of aromatic nitrogens is 1. The van der Waals surface area contributed by atoms with Crippen LogP contribution in [0.1, 0.15) is 18.6 Å². The molecule has 25 heavy (non-hydrogen) atoms. The number of hydrogen-bond acceptors (Lipinski definition) is 3. The van der Waals surface area contributed by atoms with Gasteiger partial charge in [0, 0.05) is 17.3 Å². The van der Waals surface area contributed by atoms with Crippen molar-refractivity contribution in [3.05, 3.63) is 76.9 Å². The molecule has 1 aromatic heterocycles. The first-order chi connectivity index (χ1) is 12.0. The Morgan fingerprint density at radius 1 is 1.12 bits per heavy atom. The number of rotatable bonds is 4. The Morgan fingerprint density at radius 2 is 1.80 bits per heavy atom. The second-order valence-electron chi connectivity index (χ2n) is 5.41. The molecule has 0 aliphatic rings.